The molecule has 0 aromatic rings. The van der Waals surface area contributed by atoms with Gasteiger partial charge in [-0.2, -0.15) is 0 Å². The SMILES string of the molecule is CC.CC.CC1=CCC(COCCO)=CC1. The van der Waals surface area contributed by atoms with Gasteiger partial charge in [0.25, 0.3) is 0 Å². The molecule has 0 bridgehead atoms. The first kappa shape index (κ1) is 17.8. The highest BCUT2D eigenvalue weighted by atomic mass is 16.5. The largest absolute Gasteiger partial charge is 0.394 e. The minimum Gasteiger partial charge on any atom is -0.394 e. The van der Waals surface area contributed by atoms with E-state index in [-0.39, 0.29) is 6.61 Å². The Morgan fingerprint density at radius 2 is 1.75 bits per heavy atom. The number of hydrogen-bond donors (Lipinski definition) is 1. The number of allylic oxidation sites excluding steroid dienone is 3. The van der Waals surface area contributed by atoms with Crippen molar-refractivity contribution in [1.82, 2.24) is 0 Å². The Morgan fingerprint density at radius 1 is 1.12 bits per heavy atom. The Morgan fingerprint density at radius 3 is 2.19 bits per heavy atom. The fourth-order valence-corrected chi connectivity index (χ4v) is 1.16. The van der Waals surface area contributed by atoms with Crippen molar-refractivity contribution in [2.24, 2.45) is 0 Å². The van der Waals surface area contributed by atoms with Gasteiger partial charge in [-0.1, -0.05) is 45.4 Å². The van der Waals surface area contributed by atoms with Crippen LogP contribution in [0, 0.1) is 0 Å². The van der Waals surface area contributed by atoms with E-state index in [4.69, 9.17) is 9.84 Å². The molecule has 1 aliphatic carbocycles. The van der Waals surface area contributed by atoms with Gasteiger partial charge in [-0.15, -0.1) is 0 Å². The summed E-state index contributed by atoms with van der Waals surface area (Å²) in [5.41, 5.74) is 2.76. The van der Waals surface area contributed by atoms with Gasteiger partial charge < -0.3 is 9.84 Å². The molecule has 0 aromatic carbocycles. The minimum atomic E-state index is 0.113. The van der Waals surface area contributed by atoms with Crippen LogP contribution in [0.1, 0.15) is 47.5 Å². The van der Waals surface area contributed by atoms with E-state index < -0.39 is 0 Å². The van der Waals surface area contributed by atoms with Crippen molar-refractivity contribution in [3.05, 3.63) is 23.3 Å². The first-order valence-corrected chi connectivity index (χ1v) is 6.35. The van der Waals surface area contributed by atoms with E-state index in [9.17, 15) is 0 Å². The molecule has 0 saturated heterocycles. The van der Waals surface area contributed by atoms with Gasteiger partial charge in [-0.05, 0) is 25.3 Å². The van der Waals surface area contributed by atoms with Crippen LogP contribution in [0.2, 0.25) is 0 Å². The van der Waals surface area contributed by atoms with Crippen LogP contribution in [0.5, 0.6) is 0 Å². The fraction of sp³-hybridized carbons (Fsp3) is 0.714. The molecule has 0 amide bonds. The maximum atomic E-state index is 8.48. The second kappa shape index (κ2) is 14.4. The normalized spacial score (nSPS) is 13.6. The summed E-state index contributed by atoms with van der Waals surface area (Å²) in [7, 11) is 0. The van der Waals surface area contributed by atoms with Crippen LogP contribution in [0.3, 0.4) is 0 Å². The smallest absolute Gasteiger partial charge is 0.0702 e. The monoisotopic (exact) mass is 228 g/mol. The molecular weight excluding hydrogens is 200 g/mol. The standard InChI is InChI=1S/C10H16O2.2C2H6/c1-9-2-4-10(5-3-9)8-12-7-6-11;2*1-2/h2,5,11H,3-4,6-8H2,1H3;2*1-2H3. The molecule has 0 aliphatic heterocycles. The molecule has 0 radical (unpaired) electrons. The van der Waals surface area contributed by atoms with Gasteiger partial charge in [0.15, 0.2) is 0 Å². The molecule has 1 rings (SSSR count). The van der Waals surface area contributed by atoms with Gasteiger partial charge in [0.2, 0.25) is 0 Å². The molecule has 96 valence electrons. The Balaban J connectivity index is 0. The summed E-state index contributed by atoms with van der Waals surface area (Å²) in [6.45, 7) is 11.4. The molecule has 0 fully saturated rings. The number of hydrogen-bond acceptors (Lipinski definition) is 2. The van der Waals surface area contributed by atoms with Gasteiger partial charge in [0.1, 0.15) is 0 Å². The van der Waals surface area contributed by atoms with E-state index in [0.717, 1.165) is 12.8 Å². The lowest BCUT2D eigenvalue weighted by atomic mass is 10.0. The zero-order valence-electron chi connectivity index (χ0n) is 11.5. The highest BCUT2D eigenvalue weighted by Gasteiger charge is 2.01. The Labute approximate surface area is 101 Å². The zero-order valence-corrected chi connectivity index (χ0v) is 11.5. The summed E-state index contributed by atoms with van der Waals surface area (Å²) in [5.74, 6) is 0. The van der Waals surface area contributed by atoms with Crippen LogP contribution in [-0.2, 0) is 4.74 Å². The van der Waals surface area contributed by atoms with E-state index >= 15 is 0 Å². The molecule has 0 atom stereocenters. The van der Waals surface area contributed by atoms with Crippen molar-refractivity contribution >= 4 is 0 Å². The van der Waals surface area contributed by atoms with Gasteiger partial charge in [-0.25, -0.2) is 0 Å². The van der Waals surface area contributed by atoms with Crippen molar-refractivity contribution in [3.8, 4) is 0 Å². The first-order valence-electron chi connectivity index (χ1n) is 6.35. The van der Waals surface area contributed by atoms with Gasteiger partial charge in [0.05, 0.1) is 19.8 Å². The van der Waals surface area contributed by atoms with Crippen molar-refractivity contribution in [2.75, 3.05) is 19.8 Å². The van der Waals surface area contributed by atoms with Crippen LogP contribution in [0.25, 0.3) is 0 Å². The maximum Gasteiger partial charge on any atom is 0.0702 e. The summed E-state index contributed by atoms with van der Waals surface area (Å²) in [6, 6.07) is 0. The van der Waals surface area contributed by atoms with Crippen molar-refractivity contribution in [1.29, 1.82) is 0 Å². The predicted octanol–water partition coefficient (Wildman–Crippen LogP) is 3.71. The molecule has 0 aromatic heterocycles. The molecule has 0 saturated carbocycles. The van der Waals surface area contributed by atoms with Crippen molar-refractivity contribution in [3.63, 3.8) is 0 Å². The Bertz CT molecular complexity index is 193. The number of ether oxygens (including phenoxy) is 1. The summed E-state index contributed by atoms with van der Waals surface area (Å²) < 4.78 is 5.21. The number of rotatable bonds is 4. The minimum absolute atomic E-state index is 0.113. The summed E-state index contributed by atoms with van der Waals surface area (Å²) in [6.07, 6.45) is 6.51. The zero-order chi connectivity index (χ0) is 12.8. The van der Waals surface area contributed by atoms with Crippen LogP contribution >= 0.6 is 0 Å². The van der Waals surface area contributed by atoms with E-state index in [1.807, 2.05) is 27.7 Å². The van der Waals surface area contributed by atoms with E-state index in [1.54, 1.807) is 0 Å². The third-order valence-corrected chi connectivity index (χ3v) is 1.95. The van der Waals surface area contributed by atoms with Gasteiger partial charge >= 0.3 is 0 Å². The number of aliphatic hydroxyl groups is 1. The molecule has 0 spiro atoms. The van der Waals surface area contributed by atoms with Crippen LogP contribution in [-0.4, -0.2) is 24.9 Å². The van der Waals surface area contributed by atoms with E-state index in [1.165, 1.54) is 11.1 Å². The molecular formula is C14H28O2. The third-order valence-electron chi connectivity index (χ3n) is 1.95. The third kappa shape index (κ3) is 9.94. The molecule has 16 heavy (non-hydrogen) atoms. The lowest BCUT2D eigenvalue weighted by Crippen LogP contribution is -2.04. The second-order valence-electron chi connectivity index (χ2n) is 3.10. The average molecular weight is 228 g/mol. The molecule has 2 nitrogen and oxygen atoms in total. The summed E-state index contributed by atoms with van der Waals surface area (Å²) in [4.78, 5) is 0. The van der Waals surface area contributed by atoms with Crippen LogP contribution in [0.15, 0.2) is 23.3 Å². The fourth-order valence-electron chi connectivity index (χ4n) is 1.16. The first-order chi connectivity index (χ1) is 7.83. The molecule has 1 N–H and O–H groups in total. The highest BCUT2D eigenvalue weighted by Crippen LogP contribution is 2.16. The topological polar surface area (TPSA) is 29.5 Å². The van der Waals surface area contributed by atoms with E-state index in [2.05, 4.69) is 19.1 Å². The molecule has 0 unspecified atom stereocenters. The van der Waals surface area contributed by atoms with Crippen molar-refractivity contribution in [2.45, 2.75) is 47.5 Å². The number of aliphatic hydroxyl groups excluding tert-OH is 1. The lowest BCUT2D eigenvalue weighted by molar-refractivity contribution is 0.107. The Kier molecular flexibility index (Phi) is 16.0. The van der Waals surface area contributed by atoms with Crippen molar-refractivity contribution < 1.29 is 9.84 Å². The highest BCUT2D eigenvalue weighted by molar-refractivity contribution is 5.20. The van der Waals surface area contributed by atoms with Crippen LogP contribution in [0.4, 0.5) is 0 Å². The molecule has 2 heteroatoms. The molecule has 1 aliphatic rings. The van der Waals surface area contributed by atoms with Gasteiger partial charge in [0, 0.05) is 0 Å². The Hall–Kier alpha value is -0.600. The molecule has 0 heterocycles. The lowest BCUT2D eigenvalue weighted by Gasteiger charge is -2.11. The summed E-state index contributed by atoms with van der Waals surface area (Å²) in [5, 5.41) is 8.48. The summed E-state index contributed by atoms with van der Waals surface area (Å²) >= 11 is 0. The quantitative estimate of drug-likeness (QED) is 0.587. The van der Waals surface area contributed by atoms with E-state index in [0.29, 0.717) is 13.2 Å². The second-order valence-corrected chi connectivity index (χ2v) is 3.10. The maximum absolute atomic E-state index is 8.48. The van der Waals surface area contributed by atoms with Crippen LogP contribution < -0.4 is 0 Å². The average Bonchev–Trinajstić information content (AvgIpc) is 2.37. The van der Waals surface area contributed by atoms with Gasteiger partial charge in [-0.3, -0.25) is 0 Å². The predicted molar refractivity (Wildman–Crippen MR) is 71.7 cm³/mol.